The summed E-state index contributed by atoms with van der Waals surface area (Å²) in [6.07, 6.45) is -1.85. The lowest BCUT2D eigenvalue weighted by Gasteiger charge is -2.28. The molecule has 3 aromatic rings. The first-order chi connectivity index (χ1) is 14.1. The molecule has 30 heavy (non-hydrogen) atoms. The number of aliphatic hydroxyl groups excluding tert-OH is 2. The van der Waals surface area contributed by atoms with Gasteiger partial charge in [-0.1, -0.05) is 42.0 Å². The van der Waals surface area contributed by atoms with Crippen molar-refractivity contribution >= 4 is 0 Å². The summed E-state index contributed by atoms with van der Waals surface area (Å²) < 4.78 is 43.7. The van der Waals surface area contributed by atoms with Gasteiger partial charge in [0.1, 0.15) is 5.54 Å². The van der Waals surface area contributed by atoms with Gasteiger partial charge in [0.2, 0.25) is 5.60 Å². The Kier molecular flexibility index (Phi) is 4.57. The lowest BCUT2D eigenvalue weighted by Crippen LogP contribution is -2.41. The zero-order chi connectivity index (χ0) is 21.9. The summed E-state index contributed by atoms with van der Waals surface area (Å²) in [4.78, 5) is 0. The summed E-state index contributed by atoms with van der Waals surface area (Å²) in [6.45, 7) is 2.54. The fourth-order valence-electron chi connectivity index (χ4n) is 4.01. The Labute approximate surface area is 171 Å². The van der Waals surface area contributed by atoms with Crippen LogP contribution in [0.5, 0.6) is 0 Å². The van der Waals surface area contributed by atoms with Crippen molar-refractivity contribution in [2.45, 2.75) is 31.2 Å². The van der Waals surface area contributed by atoms with E-state index < -0.39 is 17.3 Å². The molecule has 1 aliphatic carbocycles. The summed E-state index contributed by atoms with van der Waals surface area (Å²) in [5.74, 6) is 0. The maximum absolute atomic E-state index is 14.1. The van der Waals surface area contributed by atoms with Crippen molar-refractivity contribution < 1.29 is 28.5 Å². The average molecular weight is 418 g/mol. The fraction of sp³-hybridized carbons (Fsp3) is 0.318. The van der Waals surface area contributed by atoms with Crippen LogP contribution in [0.2, 0.25) is 0 Å². The third-order valence-electron chi connectivity index (χ3n) is 5.80. The summed E-state index contributed by atoms with van der Waals surface area (Å²) in [7, 11) is 0. The Morgan fingerprint density at radius 2 is 1.70 bits per heavy atom. The molecule has 0 saturated heterocycles. The van der Waals surface area contributed by atoms with Crippen molar-refractivity contribution in [3.8, 4) is 22.3 Å². The highest BCUT2D eigenvalue weighted by atomic mass is 19.4. The van der Waals surface area contributed by atoms with Crippen molar-refractivity contribution in [3.05, 3.63) is 65.5 Å². The number of benzene rings is 2. The highest BCUT2D eigenvalue weighted by molar-refractivity contribution is 5.92. The van der Waals surface area contributed by atoms with Crippen LogP contribution in [-0.2, 0) is 11.1 Å². The monoisotopic (exact) mass is 418 g/mol. The summed E-state index contributed by atoms with van der Waals surface area (Å²) in [5.41, 5.74) is -2.43. The third kappa shape index (κ3) is 2.71. The van der Waals surface area contributed by atoms with E-state index in [4.69, 9.17) is 0 Å². The molecule has 3 N–H and O–H groups in total. The number of alkyl halides is 3. The zero-order valence-corrected chi connectivity index (χ0v) is 16.4. The maximum Gasteiger partial charge on any atom is 0.425 e. The second-order valence-corrected chi connectivity index (χ2v) is 7.98. The van der Waals surface area contributed by atoms with Crippen LogP contribution in [0.15, 0.2) is 48.8 Å². The predicted octanol–water partition coefficient (Wildman–Crippen LogP) is 3.34. The van der Waals surface area contributed by atoms with Gasteiger partial charge in [-0.25, -0.2) is 0 Å². The topological polar surface area (TPSA) is 78.5 Å². The SMILES string of the molecule is Cc1cc(-c2cnn(C(C)(CO)CO)c2)c2c(c1)C(O)(C(F)(F)F)c1ccccc1-2. The van der Waals surface area contributed by atoms with Gasteiger partial charge < -0.3 is 15.3 Å². The number of halogens is 3. The molecule has 0 amide bonds. The predicted molar refractivity (Wildman–Crippen MR) is 105 cm³/mol. The molecule has 5 nitrogen and oxygen atoms in total. The molecule has 8 heteroatoms. The second-order valence-electron chi connectivity index (χ2n) is 7.98. The van der Waals surface area contributed by atoms with E-state index in [1.807, 2.05) is 0 Å². The van der Waals surface area contributed by atoms with Crippen LogP contribution in [-0.4, -0.2) is 44.5 Å². The molecule has 0 spiro atoms. The normalized spacial score (nSPS) is 18.4. The summed E-state index contributed by atoms with van der Waals surface area (Å²) in [5, 5.41) is 34.4. The van der Waals surface area contributed by atoms with Gasteiger partial charge in [-0.15, -0.1) is 0 Å². The van der Waals surface area contributed by atoms with Gasteiger partial charge in [-0.3, -0.25) is 4.68 Å². The van der Waals surface area contributed by atoms with Crippen molar-refractivity contribution in [2.75, 3.05) is 13.2 Å². The van der Waals surface area contributed by atoms with E-state index in [9.17, 15) is 28.5 Å². The minimum Gasteiger partial charge on any atom is -0.394 e. The van der Waals surface area contributed by atoms with Gasteiger partial charge in [-0.05, 0) is 30.5 Å². The molecule has 1 aliphatic rings. The van der Waals surface area contributed by atoms with Gasteiger partial charge in [0.05, 0.1) is 19.4 Å². The molecule has 158 valence electrons. The van der Waals surface area contributed by atoms with Gasteiger partial charge in [0.15, 0.2) is 0 Å². The Morgan fingerprint density at radius 3 is 2.33 bits per heavy atom. The van der Waals surface area contributed by atoms with E-state index >= 15 is 0 Å². The van der Waals surface area contributed by atoms with Crippen molar-refractivity contribution in [2.24, 2.45) is 0 Å². The maximum atomic E-state index is 14.1. The van der Waals surface area contributed by atoms with Crippen LogP contribution in [0.25, 0.3) is 22.3 Å². The first kappa shape index (κ1) is 20.6. The molecule has 1 aromatic heterocycles. The molecule has 4 rings (SSSR count). The van der Waals surface area contributed by atoms with E-state index in [0.717, 1.165) is 0 Å². The fourth-order valence-corrected chi connectivity index (χ4v) is 4.01. The molecule has 1 unspecified atom stereocenters. The number of rotatable bonds is 4. The van der Waals surface area contributed by atoms with Crippen LogP contribution in [0.3, 0.4) is 0 Å². The Hall–Kier alpha value is -2.68. The van der Waals surface area contributed by atoms with Crippen molar-refractivity contribution in [3.63, 3.8) is 0 Å². The molecular formula is C22H21F3N2O3. The molecule has 0 radical (unpaired) electrons. The minimum absolute atomic E-state index is 0.206. The van der Waals surface area contributed by atoms with Gasteiger partial charge >= 0.3 is 6.18 Å². The van der Waals surface area contributed by atoms with E-state index in [1.165, 1.54) is 29.1 Å². The van der Waals surface area contributed by atoms with Crippen LogP contribution in [0, 0.1) is 6.92 Å². The van der Waals surface area contributed by atoms with Gasteiger partial charge in [0.25, 0.3) is 0 Å². The summed E-state index contributed by atoms with van der Waals surface area (Å²) >= 11 is 0. The third-order valence-corrected chi connectivity index (χ3v) is 5.80. The number of nitrogens with zero attached hydrogens (tertiary/aromatic N) is 2. The highest BCUT2D eigenvalue weighted by Gasteiger charge is 2.61. The number of hydrogen-bond donors (Lipinski definition) is 3. The Bertz CT molecular complexity index is 1120. The van der Waals surface area contributed by atoms with Crippen molar-refractivity contribution in [1.82, 2.24) is 9.78 Å². The average Bonchev–Trinajstić information content (AvgIpc) is 3.30. The number of aliphatic hydroxyl groups is 3. The molecule has 0 fully saturated rings. The van der Waals surface area contributed by atoms with Gasteiger partial charge in [0, 0.05) is 22.9 Å². The van der Waals surface area contributed by atoms with Crippen LogP contribution >= 0.6 is 0 Å². The summed E-state index contributed by atoms with van der Waals surface area (Å²) in [6, 6.07) is 9.07. The molecule has 0 aliphatic heterocycles. The quantitative estimate of drug-likeness (QED) is 0.607. The van der Waals surface area contributed by atoms with Crippen LogP contribution in [0.1, 0.15) is 23.6 Å². The standard InChI is InChI=1S/C22H21F3N2O3/c1-13-7-16(14-9-26-27(10-14)20(2,11-28)12-29)19-15-5-3-4-6-17(15)21(30,18(19)8-13)22(23,24)25/h3-10,28-30H,11-12H2,1-2H3. The Balaban J connectivity index is 2.01. The zero-order valence-electron chi connectivity index (χ0n) is 16.4. The van der Waals surface area contributed by atoms with E-state index in [0.29, 0.717) is 27.8 Å². The Morgan fingerprint density at radius 1 is 1.03 bits per heavy atom. The molecular weight excluding hydrogens is 397 g/mol. The molecule has 0 bridgehead atoms. The largest absolute Gasteiger partial charge is 0.425 e. The minimum atomic E-state index is -4.91. The van der Waals surface area contributed by atoms with E-state index in [1.54, 1.807) is 38.2 Å². The van der Waals surface area contributed by atoms with E-state index in [2.05, 4.69) is 5.10 Å². The van der Waals surface area contributed by atoms with Crippen LogP contribution < -0.4 is 0 Å². The molecule has 0 saturated carbocycles. The number of aromatic nitrogens is 2. The smallest absolute Gasteiger partial charge is 0.394 e. The molecule has 1 heterocycles. The number of fused-ring (bicyclic) bond motifs is 3. The lowest BCUT2D eigenvalue weighted by atomic mass is 9.88. The van der Waals surface area contributed by atoms with Crippen molar-refractivity contribution in [1.29, 1.82) is 0 Å². The number of hydrogen-bond acceptors (Lipinski definition) is 4. The van der Waals surface area contributed by atoms with E-state index in [-0.39, 0.29) is 24.3 Å². The number of aryl methyl sites for hydroxylation is 1. The molecule has 2 aromatic carbocycles. The van der Waals surface area contributed by atoms with Crippen LogP contribution in [0.4, 0.5) is 13.2 Å². The first-order valence-corrected chi connectivity index (χ1v) is 9.38. The highest BCUT2D eigenvalue weighted by Crippen LogP contribution is 2.57. The lowest BCUT2D eigenvalue weighted by molar-refractivity contribution is -0.246. The van der Waals surface area contributed by atoms with Gasteiger partial charge in [-0.2, -0.15) is 18.3 Å². The molecule has 1 atom stereocenters. The first-order valence-electron chi connectivity index (χ1n) is 9.38. The second kappa shape index (κ2) is 6.66.